The quantitative estimate of drug-likeness (QED) is 0.116. The molecule has 22 heteroatoms. The Kier molecular flexibility index (Phi) is 15.5. The lowest BCUT2D eigenvalue weighted by Gasteiger charge is -2.35. The van der Waals surface area contributed by atoms with Crippen molar-refractivity contribution in [2.24, 2.45) is 0 Å². The number of amides is 6. The van der Waals surface area contributed by atoms with Gasteiger partial charge in [-0.15, -0.1) is 0 Å². The second-order valence-electron chi connectivity index (χ2n) is 16.3. The van der Waals surface area contributed by atoms with Gasteiger partial charge >= 0.3 is 0 Å². The minimum Gasteiger partial charge on any atom is -0.378 e. The van der Waals surface area contributed by atoms with Crippen molar-refractivity contribution in [1.29, 1.82) is 0 Å². The number of carbonyl (C=O) groups is 6. The lowest BCUT2D eigenvalue weighted by atomic mass is 9.96. The number of anilines is 3. The van der Waals surface area contributed by atoms with Crippen LogP contribution in [-0.4, -0.2) is 142 Å². The number of unbranched alkanes of at least 4 members (excludes halogenated alkanes) is 6. The molecule has 3 fully saturated rings. The summed E-state index contributed by atoms with van der Waals surface area (Å²) in [5, 5.41) is 7.72. The third-order valence-corrected chi connectivity index (χ3v) is 11.9. The summed E-state index contributed by atoms with van der Waals surface area (Å²) in [5.74, 6) is -2.50. The second-order valence-corrected chi connectivity index (χ2v) is 16.3. The molecule has 344 valence electrons. The molecule has 0 radical (unpaired) electrons. The van der Waals surface area contributed by atoms with Crippen molar-refractivity contribution in [3.05, 3.63) is 34.8 Å². The molecule has 1 atom stereocenters. The van der Waals surface area contributed by atoms with Crippen LogP contribution in [0.25, 0.3) is 11.4 Å². The van der Waals surface area contributed by atoms with E-state index in [1.807, 2.05) is 4.90 Å². The van der Waals surface area contributed by atoms with Crippen LogP contribution < -0.4 is 31.5 Å². The first-order valence-corrected chi connectivity index (χ1v) is 22.2. The number of hydrogen-bond donors (Lipinski definition) is 4. The fraction of sp³-hybridized carbons (Fsp3) is 0.595. The van der Waals surface area contributed by atoms with Gasteiger partial charge in [-0.2, -0.15) is 15.0 Å². The fourth-order valence-electron chi connectivity index (χ4n) is 8.43. The van der Waals surface area contributed by atoms with Crippen LogP contribution in [0.1, 0.15) is 95.6 Å². The Morgan fingerprint density at radius 3 is 2.20 bits per heavy atom. The zero-order valence-electron chi connectivity index (χ0n) is 35.8. The predicted molar refractivity (Wildman–Crippen MR) is 227 cm³/mol. The van der Waals surface area contributed by atoms with Gasteiger partial charge in [0.25, 0.3) is 18.2 Å². The highest BCUT2D eigenvalue weighted by Gasteiger charge is 2.47. The number of piperazine rings is 1. The van der Waals surface area contributed by atoms with Crippen molar-refractivity contribution in [3.8, 4) is 11.4 Å². The van der Waals surface area contributed by atoms with Crippen molar-refractivity contribution in [2.75, 3.05) is 81.1 Å². The number of halogens is 2. The lowest BCUT2D eigenvalue weighted by Crippen LogP contribution is -2.54. The molecular weight excluding hydrogens is 837 g/mol. The van der Waals surface area contributed by atoms with Crippen molar-refractivity contribution < 1.29 is 42.3 Å². The van der Waals surface area contributed by atoms with E-state index in [2.05, 4.69) is 45.7 Å². The minimum absolute atomic E-state index is 0.0132. The number of morpholine rings is 1. The van der Waals surface area contributed by atoms with Gasteiger partial charge < -0.3 is 30.9 Å². The maximum Gasteiger partial charge on any atom is 0.281 e. The van der Waals surface area contributed by atoms with Gasteiger partial charge in [0.15, 0.2) is 5.82 Å². The van der Waals surface area contributed by atoms with Crippen molar-refractivity contribution in [3.63, 3.8) is 0 Å². The number of allylic oxidation sites excluding steroid dienone is 1. The zero-order chi connectivity index (χ0) is 45.2. The molecule has 5 aliphatic rings. The molecule has 4 aliphatic heterocycles. The van der Waals surface area contributed by atoms with Gasteiger partial charge in [-0.05, 0) is 38.6 Å². The first-order chi connectivity index (χ1) is 31.0. The number of nitrogens with zero attached hydrogens (tertiary/aromatic N) is 9. The summed E-state index contributed by atoms with van der Waals surface area (Å²) in [6.07, 6.45) is 7.85. The number of piperidine rings is 1. The van der Waals surface area contributed by atoms with Gasteiger partial charge in [0.1, 0.15) is 11.7 Å². The summed E-state index contributed by atoms with van der Waals surface area (Å²) in [6, 6.07) is -1.09. The third-order valence-electron chi connectivity index (χ3n) is 11.9. The van der Waals surface area contributed by atoms with Gasteiger partial charge in [-0.25, -0.2) is 18.7 Å². The molecule has 6 heterocycles. The maximum atomic E-state index is 14.0. The van der Waals surface area contributed by atoms with E-state index in [0.717, 1.165) is 69.5 Å². The molecule has 1 aliphatic carbocycles. The predicted octanol–water partition coefficient (Wildman–Crippen LogP) is 1.70. The highest BCUT2D eigenvalue weighted by atomic mass is 19.3. The number of nitrogen functional groups attached to an aromatic ring is 1. The number of rotatable bonds is 19. The SMILES string of the molecule is Nc1ncc(-c2nc(N3CCOCC3)nc(N3CCN(CCCCCCCCCNC(=O)CCC(=O)NC4=CCCC5=C4C(=O)N(C4CCC(=O)NC4=O)C5=O)CC3)n2)c(C(F)F)n1. The number of alkyl halides is 2. The van der Waals surface area contributed by atoms with Crippen LogP contribution in [-0.2, 0) is 33.5 Å². The topological polar surface area (TPSA) is 251 Å². The molecule has 64 heavy (non-hydrogen) atoms. The molecule has 0 bridgehead atoms. The summed E-state index contributed by atoms with van der Waals surface area (Å²) in [4.78, 5) is 105. The summed E-state index contributed by atoms with van der Waals surface area (Å²) in [5.41, 5.74) is 5.60. The van der Waals surface area contributed by atoms with E-state index in [0.29, 0.717) is 70.7 Å². The molecule has 0 saturated carbocycles. The third kappa shape index (κ3) is 11.4. The standard InChI is InChI=1S/C42H55F2N13O7/c43-35(44)34-27(25-47-40(45)50-34)36-51-41(53-42(52-36)56-21-23-64-24-22-56)55-19-17-54(18-20-55)16-7-5-3-1-2-4-6-15-46-30(58)13-14-31(59)48-28-10-8-9-26-33(28)39(63)57(38(26)62)29-11-12-32(60)49-37(29)61/h10,25,29,35H,1-9,11-24H2,(H,46,58)(H,48,59)(H2,45,47,50)(H,49,60,61). The number of hydrogen-bond acceptors (Lipinski definition) is 16. The molecule has 0 aromatic carbocycles. The van der Waals surface area contributed by atoms with Crippen LogP contribution in [0.3, 0.4) is 0 Å². The number of aromatic nitrogens is 5. The molecule has 5 N–H and O–H groups in total. The first-order valence-electron chi connectivity index (χ1n) is 22.2. The van der Waals surface area contributed by atoms with Crippen LogP contribution in [0.2, 0.25) is 0 Å². The Morgan fingerprint density at radius 2 is 1.50 bits per heavy atom. The van der Waals surface area contributed by atoms with Crippen molar-refractivity contribution in [2.45, 2.75) is 95.9 Å². The molecule has 7 rings (SSSR count). The van der Waals surface area contributed by atoms with Crippen LogP contribution in [0.4, 0.5) is 26.6 Å². The van der Waals surface area contributed by atoms with Crippen LogP contribution in [0.15, 0.2) is 29.1 Å². The molecular formula is C42H55F2N13O7. The van der Waals surface area contributed by atoms with E-state index in [1.54, 1.807) is 6.08 Å². The molecule has 3 saturated heterocycles. The highest BCUT2D eigenvalue weighted by Crippen LogP contribution is 2.35. The molecule has 6 amide bonds. The Labute approximate surface area is 368 Å². The number of carbonyl (C=O) groups excluding carboxylic acids is 6. The monoisotopic (exact) mass is 891 g/mol. The highest BCUT2D eigenvalue weighted by molar-refractivity contribution is 6.23. The van der Waals surface area contributed by atoms with E-state index in [-0.39, 0.29) is 65.8 Å². The van der Waals surface area contributed by atoms with Crippen molar-refractivity contribution in [1.82, 2.24) is 50.7 Å². The summed E-state index contributed by atoms with van der Waals surface area (Å²) in [6.45, 7) is 6.59. The Bertz CT molecular complexity index is 2160. The smallest absolute Gasteiger partial charge is 0.281 e. The Hall–Kier alpha value is -6.03. The van der Waals surface area contributed by atoms with Crippen LogP contribution in [0, 0.1) is 0 Å². The van der Waals surface area contributed by atoms with E-state index < -0.39 is 47.7 Å². The van der Waals surface area contributed by atoms with Crippen molar-refractivity contribution >= 4 is 53.3 Å². The Balaban J connectivity index is 0.749. The lowest BCUT2D eigenvalue weighted by molar-refractivity contribution is -0.150. The molecule has 2 aromatic heterocycles. The summed E-state index contributed by atoms with van der Waals surface area (Å²) >= 11 is 0. The minimum atomic E-state index is -2.89. The maximum absolute atomic E-state index is 14.0. The number of imide groups is 2. The summed E-state index contributed by atoms with van der Waals surface area (Å²) < 4.78 is 33.4. The van der Waals surface area contributed by atoms with Gasteiger partial charge in [0.2, 0.25) is 41.5 Å². The summed E-state index contributed by atoms with van der Waals surface area (Å²) in [7, 11) is 0. The molecule has 20 nitrogen and oxygen atoms in total. The molecule has 0 spiro atoms. The Morgan fingerprint density at radius 1 is 0.828 bits per heavy atom. The fourth-order valence-corrected chi connectivity index (χ4v) is 8.43. The van der Waals surface area contributed by atoms with E-state index in [4.69, 9.17) is 15.5 Å². The van der Waals surface area contributed by atoms with Crippen LogP contribution in [0.5, 0.6) is 0 Å². The van der Waals surface area contributed by atoms with Crippen LogP contribution >= 0.6 is 0 Å². The largest absolute Gasteiger partial charge is 0.378 e. The number of nitrogens with one attached hydrogen (secondary N) is 3. The molecule has 2 aromatic rings. The van der Waals surface area contributed by atoms with Gasteiger partial charge in [-0.3, -0.25) is 43.9 Å². The van der Waals surface area contributed by atoms with E-state index in [1.165, 1.54) is 6.20 Å². The average molecular weight is 892 g/mol. The second kappa shape index (κ2) is 21.6. The first kappa shape index (κ1) is 46.0. The normalized spacial score (nSPS) is 19.6. The van der Waals surface area contributed by atoms with Gasteiger partial charge in [-0.1, -0.05) is 38.2 Å². The number of ether oxygens (including phenoxy) is 1. The average Bonchev–Trinajstić information content (AvgIpc) is 3.55. The van der Waals surface area contributed by atoms with Gasteiger partial charge in [0.05, 0.1) is 24.4 Å². The molecule has 1 unspecified atom stereocenters. The van der Waals surface area contributed by atoms with E-state index >= 15 is 0 Å². The zero-order valence-corrected chi connectivity index (χ0v) is 35.8. The van der Waals surface area contributed by atoms with E-state index in [9.17, 15) is 37.5 Å². The van der Waals surface area contributed by atoms with Gasteiger partial charge in [0, 0.05) is 82.5 Å². The number of nitrogens with two attached hydrogens (primary N) is 1.